The minimum Gasteiger partial charge on any atom is -0.456 e. The quantitative estimate of drug-likeness (QED) is 0.592. The van der Waals surface area contributed by atoms with Gasteiger partial charge in [-0.2, -0.15) is 0 Å². The lowest BCUT2D eigenvalue weighted by molar-refractivity contribution is 0.630. The number of hydrogen-bond donors (Lipinski definition) is 0. The van der Waals surface area contributed by atoms with Crippen LogP contribution in [0.2, 0.25) is 0 Å². The Morgan fingerprint density at radius 2 is 1.68 bits per heavy atom. The maximum atomic E-state index is 6.02. The maximum Gasteiger partial charge on any atom is 0.135 e. The number of hydrogen-bond acceptors (Lipinski definition) is 1. The highest BCUT2D eigenvalue weighted by atomic mass is 16.3. The van der Waals surface area contributed by atoms with E-state index >= 15 is 0 Å². The van der Waals surface area contributed by atoms with Crippen molar-refractivity contribution in [3.63, 3.8) is 0 Å². The Morgan fingerprint density at radius 3 is 2.58 bits per heavy atom. The van der Waals surface area contributed by atoms with E-state index in [0.717, 1.165) is 16.9 Å². The van der Waals surface area contributed by atoms with Gasteiger partial charge in [-0.1, -0.05) is 36.4 Å². The Labute approximate surface area is 112 Å². The lowest BCUT2D eigenvalue weighted by atomic mass is 9.89. The first-order valence-electron chi connectivity index (χ1n) is 7.01. The molecule has 1 heteroatoms. The fourth-order valence-corrected chi connectivity index (χ4v) is 3.11. The summed E-state index contributed by atoms with van der Waals surface area (Å²) >= 11 is 0. The first kappa shape index (κ1) is 10.9. The summed E-state index contributed by atoms with van der Waals surface area (Å²) in [6.07, 6.45) is 5.04. The van der Waals surface area contributed by atoms with Crippen LogP contribution in [0.3, 0.4) is 0 Å². The molecule has 0 fully saturated rings. The summed E-state index contributed by atoms with van der Waals surface area (Å²) in [7, 11) is 0. The van der Waals surface area contributed by atoms with Crippen molar-refractivity contribution in [3.8, 4) is 11.3 Å². The summed E-state index contributed by atoms with van der Waals surface area (Å²) in [4.78, 5) is 0. The van der Waals surface area contributed by atoms with Gasteiger partial charge in [0.1, 0.15) is 11.3 Å². The van der Waals surface area contributed by atoms with Crippen LogP contribution in [0, 0.1) is 0 Å². The maximum absolute atomic E-state index is 6.02. The van der Waals surface area contributed by atoms with Gasteiger partial charge in [0, 0.05) is 10.9 Å². The number of rotatable bonds is 1. The summed E-state index contributed by atoms with van der Waals surface area (Å²) in [5, 5.41) is 1.32. The Hall–Kier alpha value is -2.02. The molecular weight excluding hydrogens is 232 g/mol. The number of furan rings is 1. The largest absolute Gasteiger partial charge is 0.456 e. The van der Waals surface area contributed by atoms with E-state index in [1.807, 2.05) is 6.07 Å². The molecule has 19 heavy (non-hydrogen) atoms. The third-order valence-electron chi connectivity index (χ3n) is 4.09. The van der Waals surface area contributed by atoms with Crippen LogP contribution in [-0.4, -0.2) is 0 Å². The molecule has 1 heterocycles. The van der Waals surface area contributed by atoms with E-state index in [1.54, 1.807) is 0 Å². The zero-order valence-corrected chi connectivity index (χ0v) is 10.9. The Kier molecular flexibility index (Phi) is 2.44. The van der Waals surface area contributed by atoms with Crippen molar-refractivity contribution in [1.82, 2.24) is 0 Å². The molecule has 0 atom stereocenters. The highest BCUT2D eigenvalue weighted by Crippen LogP contribution is 2.34. The second kappa shape index (κ2) is 4.27. The van der Waals surface area contributed by atoms with Gasteiger partial charge in [0.05, 0.1) is 0 Å². The molecular formula is C18H16O. The van der Waals surface area contributed by atoms with Gasteiger partial charge in [-0.3, -0.25) is 0 Å². The average Bonchev–Trinajstić information content (AvgIpc) is 2.93. The van der Waals surface area contributed by atoms with Gasteiger partial charge in [0.2, 0.25) is 0 Å². The number of benzene rings is 2. The van der Waals surface area contributed by atoms with Crippen LogP contribution in [0.4, 0.5) is 0 Å². The van der Waals surface area contributed by atoms with Crippen molar-refractivity contribution in [1.29, 1.82) is 0 Å². The molecule has 1 nitrogen and oxygen atoms in total. The van der Waals surface area contributed by atoms with Gasteiger partial charge in [-0.05, 0) is 48.9 Å². The van der Waals surface area contributed by atoms with Crippen molar-refractivity contribution in [3.05, 3.63) is 59.7 Å². The van der Waals surface area contributed by atoms with Crippen LogP contribution >= 0.6 is 0 Å². The lowest BCUT2D eigenvalue weighted by Crippen LogP contribution is -2.02. The second-order valence-electron chi connectivity index (χ2n) is 5.30. The van der Waals surface area contributed by atoms with E-state index in [9.17, 15) is 0 Å². The molecule has 1 aliphatic rings. The van der Waals surface area contributed by atoms with E-state index in [-0.39, 0.29) is 0 Å². The van der Waals surface area contributed by atoms with Crippen LogP contribution in [0.25, 0.3) is 22.3 Å². The van der Waals surface area contributed by atoms with Crippen molar-refractivity contribution >= 4 is 11.0 Å². The van der Waals surface area contributed by atoms with Gasteiger partial charge < -0.3 is 4.42 Å². The Bertz CT molecular complexity index is 722. The molecule has 0 saturated carbocycles. The summed E-state index contributed by atoms with van der Waals surface area (Å²) in [5.74, 6) is 0.981. The van der Waals surface area contributed by atoms with Crippen LogP contribution in [0.15, 0.2) is 52.9 Å². The molecule has 0 aliphatic heterocycles. The first-order valence-corrected chi connectivity index (χ1v) is 7.01. The molecule has 0 unspecified atom stereocenters. The fourth-order valence-electron chi connectivity index (χ4n) is 3.11. The standard InChI is InChI=1S/C18H16O/c1-2-7-14(8-3-1)18-12-16-15-9-5-4-6-13(15)10-11-17(16)19-18/h1-3,7-8,10-12H,4-6,9H2. The van der Waals surface area contributed by atoms with Crippen molar-refractivity contribution in [2.45, 2.75) is 25.7 Å². The van der Waals surface area contributed by atoms with Crippen LogP contribution in [0.1, 0.15) is 24.0 Å². The monoisotopic (exact) mass is 248 g/mol. The van der Waals surface area contributed by atoms with Gasteiger partial charge in [-0.15, -0.1) is 0 Å². The Balaban J connectivity index is 1.92. The van der Waals surface area contributed by atoms with Crippen LogP contribution in [0.5, 0.6) is 0 Å². The summed E-state index contributed by atoms with van der Waals surface area (Å²) < 4.78 is 6.02. The lowest BCUT2D eigenvalue weighted by Gasteiger charge is -2.15. The molecule has 0 radical (unpaired) electrons. The van der Waals surface area contributed by atoms with Crippen molar-refractivity contribution in [2.75, 3.05) is 0 Å². The van der Waals surface area contributed by atoms with Crippen LogP contribution in [-0.2, 0) is 12.8 Å². The van der Waals surface area contributed by atoms with Crippen LogP contribution < -0.4 is 0 Å². The van der Waals surface area contributed by atoms with Gasteiger partial charge >= 0.3 is 0 Å². The predicted octanol–water partition coefficient (Wildman–Crippen LogP) is 4.98. The molecule has 0 amide bonds. The minimum absolute atomic E-state index is 0.981. The van der Waals surface area contributed by atoms with Crippen molar-refractivity contribution in [2.24, 2.45) is 0 Å². The second-order valence-corrected chi connectivity index (χ2v) is 5.30. The van der Waals surface area contributed by atoms with Gasteiger partial charge in [0.25, 0.3) is 0 Å². The first-order chi connectivity index (χ1) is 9.42. The molecule has 94 valence electrons. The van der Waals surface area contributed by atoms with E-state index in [4.69, 9.17) is 4.42 Å². The van der Waals surface area contributed by atoms with Crippen molar-refractivity contribution < 1.29 is 4.42 Å². The summed E-state index contributed by atoms with van der Waals surface area (Å²) in [6.45, 7) is 0. The third-order valence-corrected chi connectivity index (χ3v) is 4.09. The van der Waals surface area contributed by atoms with E-state index in [2.05, 4.69) is 42.5 Å². The number of fused-ring (bicyclic) bond motifs is 3. The SMILES string of the molecule is c1ccc(-c2cc3c4c(ccc3o2)CCCC4)cc1. The molecule has 4 rings (SSSR count). The minimum atomic E-state index is 0.981. The molecule has 2 aromatic carbocycles. The highest BCUT2D eigenvalue weighted by Gasteiger charge is 2.15. The Morgan fingerprint density at radius 1 is 0.842 bits per heavy atom. The van der Waals surface area contributed by atoms with E-state index < -0.39 is 0 Å². The normalized spacial score (nSPS) is 14.5. The molecule has 1 aromatic heterocycles. The summed E-state index contributed by atoms with van der Waals surface area (Å²) in [6, 6.07) is 16.9. The zero-order valence-electron chi connectivity index (χ0n) is 10.9. The molecule has 0 bridgehead atoms. The van der Waals surface area contributed by atoms with Gasteiger partial charge in [-0.25, -0.2) is 0 Å². The smallest absolute Gasteiger partial charge is 0.135 e. The summed E-state index contributed by atoms with van der Waals surface area (Å²) in [5.41, 5.74) is 5.21. The van der Waals surface area contributed by atoms with E-state index in [0.29, 0.717) is 0 Å². The number of aryl methyl sites for hydroxylation is 2. The fraction of sp³-hybridized carbons (Fsp3) is 0.222. The molecule has 0 saturated heterocycles. The van der Waals surface area contributed by atoms with E-state index in [1.165, 1.54) is 42.2 Å². The molecule has 0 spiro atoms. The zero-order chi connectivity index (χ0) is 12.7. The predicted molar refractivity (Wildman–Crippen MR) is 78.3 cm³/mol. The molecule has 3 aromatic rings. The van der Waals surface area contributed by atoms with Gasteiger partial charge in [0.15, 0.2) is 0 Å². The molecule has 1 aliphatic carbocycles. The highest BCUT2D eigenvalue weighted by molar-refractivity contribution is 5.87. The third kappa shape index (κ3) is 1.77. The molecule has 0 N–H and O–H groups in total. The topological polar surface area (TPSA) is 13.1 Å². The average molecular weight is 248 g/mol.